The Morgan fingerprint density at radius 1 is 0.978 bits per heavy atom. The van der Waals surface area contributed by atoms with Crippen molar-refractivity contribution < 1.29 is 23.9 Å². The Balaban J connectivity index is 1.34. The van der Waals surface area contributed by atoms with E-state index >= 15 is 0 Å². The lowest BCUT2D eigenvalue weighted by Crippen LogP contribution is -2.49. The number of halogens is 1. The van der Waals surface area contributed by atoms with Gasteiger partial charge in [-0.1, -0.05) is 23.7 Å². The molecule has 5 aromatic rings. The van der Waals surface area contributed by atoms with Crippen LogP contribution in [0.1, 0.15) is 36.8 Å². The first-order valence-corrected chi connectivity index (χ1v) is 14.4. The molecule has 3 amide bonds. The zero-order chi connectivity index (χ0) is 33.0. The standard InChI is InChI=1S/C31H30ClN9O5/c1-31(2,3)46-30(45)25-14-18-13-21(9-10-22(18)36-25)35-27(42)24(12-17-4-7-20(33)8-5-17)38-29(44)28(43)37-23-15-19(32)6-11-26(23)41-16-34-39-40-41/h4-11,13-16,24,36H,12,33H2,1-3H3,(H,35,42)(H,37,43)(H,38,44). The Morgan fingerprint density at radius 2 is 1.74 bits per heavy atom. The molecule has 14 nitrogen and oxygen atoms in total. The fourth-order valence-corrected chi connectivity index (χ4v) is 4.64. The molecular formula is C31H30ClN9O5. The van der Waals surface area contributed by atoms with E-state index < -0.39 is 35.3 Å². The van der Waals surface area contributed by atoms with Crippen molar-refractivity contribution in [2.45, 2.75) is 38.8 Å². The molecule has 0 aliphatic heterocycles. The molecule has 0 spiro atoms. The molecule has 0 saturated heterocycles. The Hall–Kier alpha value is -5.76. The molecule has 15 heteroatoms. The Labute approximate surface area is 267 Å². The predicted molar refractivity (Wildman–Crippen MR) is 171 cm³/mol. The summed E-state index contributed by atoms with van der Waals surface area (Å²) in [5, 5.41) is 19.8. The number of benzene rings is 3. The number of aromatic nitrogens is 5. The number of nitrogen functional groups attached to an aromatic ring is 1. The van der Waals surface area contributed by atoms with Gasteiger partial charge in [0.25, 0.3) is 0 Å². The number of aromatic amines is 1. The SMILES string of the molecule is CC(C)(C)OC(=O)c1cc2cc(NC(=O)C(Cc3ccc(N)cc3)NC(=O)C(=O)Nc3cc(Cl)ccc3-n3cnnn3)ccc2[nH]1. The Morgan fingerprint density at radius 3 is 2.43 bits per heavy atom. The van der Waals surface area contributed by atoms with Gasteiger partial charge in [0.05, 0.1) is 11.4 Å². The predicted octanol–water partition coefficient (Wildman–Crippen LogP) is 3.64. The maximum atomic E-state index is 13.6. The second kappa shape index (κ2) is 13.1. The highest BCUT2D eigenvalue weighted by molar-refractivity contribution is 6.40. The van der Waals surface area contributed by atoms with Gasteiger partial charge in [0.15, 0.2) is 0 Å². The van der Waals surface area contributed by atoms with Gasteiger partial charge in [-0.25, -0.2) is 4.79 Å². The van der Waals surface area contributed by atoms with Gasteiger partial charge in [-0.15, -0.1) is 5.10 Å². The first-order valence-electron chi connectivity index (χ1n) is 14.0. The van der Waals surface area contributed by atoms with E-state index in [1.54, 1.807) is 81.4 Å². The molecule has 46 heavy (non-hydrogen) atoms. The van der Waals surface area contributed by atoms with Crippen LogP contribution in [0.4, 0.5) is 17.1 Å². The summed E-state index contributed by atoms with van der Waals surface area (Å²) in [7, 11) is 0. The Bertz CT molecular complexity index is 1920. The highest BCUT2D eigenvalue weighted by atomic mass is 35.5. The van der Waals surface area contributed by atoms with Gasteiger partial charge in [-0.2, -0.15) is 4.68 Å². The number of hydrogen-bond acceptors (Lipinski definition) is 9. The summed E-state index contributed by atoms with van der Waals surface area (Å²) < 4.78 is 6.72. The summed E-state index contributed by atoms with van der Waals surface area (Å²) >= 11 is 6.12. The number of nitrogens with zero attached hydrogens (tertiary/aromatic N) is 4. The monoisotopic (exact) mass is 643 g/mol. The largest absolute Gasteiger partial charge is 0.455 e. The van der Waals surface area contributed by atoms with Crippen molar-refractivity contribution in [2.24, 2.45) is 0 Å². The van der Waals surface area contributed by atoms with Gasteiger partial charge in [0.1, 0.15) is 23.7 Å². The smallest absolute Gasteiger partial charge is 0.355 e. The number of ether oxygens (including phenoxy) is 1. The maximum absolute atomic E-state index is 13.6. The number of anilines is 3. The average molecular weight is 644 g/mol. The molecule has 0 fully saturated rings. The first-order chi connectivity index (χ1) is 21.8. The molecule has 0 saturated carbocycles. The number of esters is 1. The van der Waals surface area contributed by atoms with Crippen LogP contribution in [0.3, 0.4) is 0 Å². The highest BCUT2D eigenvalue weighted by Crippen LogP contribution is 2.25. The maximum Gasteiger partial charge on any atom is 0.355 e. The van der Waals surface area contributed by atoms with E-state index in [9.17, 15) is 19.2 Å². The molecule has 2 heterocycles. The van der Waals surface area contributed by atoms with Gasteiger partial charge in [-0.3, -0.25) is 14.4 Å². The van der Waals surface area contributed by atoms with E-state index in [-0.39, 0.29) is 17.8 Å². The van der Waals surface area contributed by atoms with Crippen LogP contribution in [0.2, 0.25) is 5.02 Å². The van der Waals surface area contributed by atoms with Crippen LogP contribution in [-0.4, -0.2) is 60.5 Å². The van der Waals surface area contributed by atoms with Crippen molar-refractivity contribution in [1.29, 1.82) is 0 Å². The van der Waals surface area contributed by atoms with E-state index in [1.807, 2.05) is 0 Å². The molecule has 1 unspecified atom stereocenters. The van der Waals surface area contributed by atoms with Crippen LogP contribution >= 0.6 is 11.6 Å². The molecule has 0 bridgehead atoms. The van der Waals surface area contributed by atoms with E-state index in [1.165, 1.54) is 17.1 Å². The summed E-state index contributed by atoms with van der Waals surface area (Å²) in [5.41, 5.74) is 8.21. The molecular weight excluding hydrogens is 614 g/mol. The van der Waals surface area contributed by atoms with E-state index in [2.05, 4.69) is 36.5 Å². The molecule has 2 aromatic heterocycles. The van der Waals surface area contributed by atoms with Crippen LogP contribution in [0.5, 0.6) is 0 Å². The number of nitrogens with one attached hydrogen (secondary N) is 4. The summed E-state index contributed by atoms with van der Waals surface area (Å²) in [6.07, 6.45) is 1.36. The van der Waals surface area contributed by atoms with E-state index in [0.29, 0.717) is 38.6 Å². The minimum absolute atomic E-state index is 0.0490. The van der Waals surface area contributed by atoms with Gasteiger partial charge >= 0.3 is 17.8 Å². The van der Waals surface area contributed by atoms with Gasteiger partial charge < -0.3 is 31.4 Å². The van der Waals surface area contributed by atoms with Gasteiger partial charge in [0, 0.05) is 33.7 Å². The normalized spacial score (nSPS) is 11.9. The number of carbonyl (C=O) groups excluding carboxylic acids is 4. The number of rotatable bonds is 8. The minimum atomic E-state index is -1.17. The molecule has 6 N–H and O–H groups in total. The molecule has 236 valence electrons. The second-order valence-corrected chi connectivity index (χ2v) is 11.8. The zero-order valence-corrected chi connectivity index (χ0v) is 25.8. The van der Waals surface area contributed by atoms with Gasteiger partial charge in [-0.05, 0) is 91.4 Å². The van der Waals surface area contributed by atoms with Crippen molar-refractivity contribution in [1.82, 2.24) is 30.5 Å². The lowest BCUT2D eigenvalue weighted by Gasteiger charge is -2.19. The lowest BCUT2D eigenvalue weighted by molar-refractivity contribution is -0.137. The third kappa shape index (κ3) is 7.84. The summed E-state index contributed by atoms with van der Waals surface area (Å²) in [5.74, 6) is -3.21. The third-order valence-electron chi connectivity index (χ3n) is 6.56. The number of hydrogen-bond donors (Lipinski definition) is 5. The van der Waals surface area contributed by atoms with Gasteiger partial charge in [0.2, 0.25) is 5.91 Å². The zero-order valence-electron chi connectivity index (χ0n) is 25.0. The number of H-pyrrole nitrogens is 1. The molecule has 1 atom stereocenters. The number of tetrazole rings is 1. The minimum Gasteiger partial charge on any atom is -0.455 e. The summed E-state index contributed by atoms with van der Waals surface area (Å²) in [6, 6.07) is 16.8. The molecule has 3 aromatic carbocycles. The summed E-state index contributed by atoms with van der Waals surface area (Å²) in [4.78, 5) is 55.3. The fraction of sp³-hybridized carbons (Fsp3) is 0.194. The Kier molecular flexibility index (Phi) is 9.00. The fourth-order valence-electron chi connectivity index (χ4n) is 4.46. The number of carbonyl (C=O) groups is 4. The topological polar surface area (TPSA) is 199 Å². The lowest BCUT2D eigenvalue weighted by atomic mass is 10.0. The summed E-state index contributed by atoms with van der Waals surface area (Å²) in [6.45, 7) is 5.32. The highest BCUT2D eigenvalue weighted by Gasteiger charge is 2.26. The van der Waals surface area contributed by atoms with E-state index in [4.69, 9.17) is 22.1 Å². The molecule has 0 aliphatic carbocycles. The van der Waals surface area contributed by atoms with Crippen LogP contribution in [0.15, 0.2) is 73.1 Å². The quantitative estimate of drug-likeness (QED) is 0.0951. The van der Waals surface area contributed by atoms with Crippen molar-refractivity contribution in [3.05, 3.63) is 89.3 Å². The van der Waals surface area contributed by atoms with Crippen LogP contribution in [0.25, 0.3) is 16.6 Å². The van der Waals surface area contributed by atoms with Crippen LogP contribution in [0, 0.1) is 0 Å². The second-order valence-electron chi connectivity index (χ2n) is 11.3. The number of amides is 3. The van der Waals surface area contributed by atoms with Crippen molar-refractivity contribution in [3.8, 4) is 5.69 Å². The molecule has 5 rings (SSSR count). The first kappa shape index (κ1) is 31.7. The number of fused-ring (bicyclic) bond motifs is 1. The van der Waals surface area contributed by atoms with Crippen molar-refractivity contribution in [2.75, 3.05) is 16.4 Å². The van der Waals surface area contributed by atoms with Crippen LogP contribution < -0.4 is 21.7 Å². The van der Waals surface area contributed by atoms with Crippen LogP contribution in [-0.2, 0) is 25.5 Å². The van der Waals surface area contributed by atoms with Crippen molar-refractivity contribution >= 4 is 63.3 Å². The molecule has 0 aliphatic rings. The molecule has 0 radical (unpaired) electrons. The van der Waals surface area contributed by atoms with E-state index in [0.717, 1.165) is 0 Å². The van der Waals surface area contributed by atoms with Crippen molar-refractivity contribution in [3.63, 3.8) is 0 Å². The third-order valence-corrected chi connectivity index (χ3v) is 6.79. The average Bonchev–Trinajstić information content (AvgIpc) is 3.67. The number of nitrogens with two attached hydrogens (primary N) is 1.